The van der Waals surface area contributed by atoms with Crippen molar-refractivity contribution in [3.8, 4) is 5.75 Å². The Morgan fingerprint density at radius 1 is 1.67 bits per heavy atom. The van der Waals surface area contributed by atoms with Crippen molar-refractivity contribution in [2.45, 2.75) is 6.54 Å². The maximum Gasteiger partial charge on any atom is 0.415 e. The molecule has 0 saturated carbocycles. The van der Waals surface area contributed by atoms with Crippen molar-refractivity contribution in [3.05, 3.63) is 29.8 Å². The smallest absolute Gasteiger partial charge is 0.410 e. The number of hydrogen-bond acceptors (Lipinski definition) is 2. The molecule has 61 valence electrons. The predicted molar refractivity (Wildman–Crippen MR) is 42.8 cm³/mol. The molecule has 0 aromatic heterocycles. The van der Waals surface area contributed by atoms with Crippen LogP contribution >= 0.6 is 0 Å². The number of benzene rings is 1. The highest BCUT2D eigenvalue weighted by Gasteiger charge is 2.20. The third kappa shape index (κ3) is 1.03. The maximum atomic E-state index is 11.0. The fourth-order valence-corrected chi connectivity index (χ4v) is 1.17. The molecule has 0 fully saturated rings. The van der Waals surface area contributed by atoms with Crippen LogP contribution < -0.4 is 4.74 Å². The molecule has 0 bridgehead atoms. The van der Waals surface area contributed by atoms with Gasteiger partial charge in [-0.1, -0.05) is 12.1 Å². The predicted octanol–water partition coefficient (Wildman–Crippen LogP) is 1.43. The molecule has 1 aliphatic rings. The first-order valence-electron chi connectivity index (χ1n) is 3.69. The summed E-state index contributed by atoms with van der Waals surface area (Å²) in [5.41, 5.74) is 1.02. The Labute approximate surface area is 70.6 Å². The van der Waals surface area contributed by atoms with Gasteiger partial charge in [-0.3, -0.25) is 0 Å². The van der Waals surface area contributed by atoms with Crippen LogP contribution in [0.5, 0.6) is 5.75 Å². The normalized spacial score (nSPS) is 15.4. The molecule has 1 aliphatic heterocycles. The monoisotopic (exact) mass is 162 g/mol. The fraction of sp³-hybridized carbons (Fsp3) is 0.222. The van der Waals surface area contributed by atoms with E-state index in [-0.39, 0.29) is 6.09 Å². The Hall–Kier alpha value is -1.51. The summed E-state index contributed by atoms with van der Waals surface area (Å²) in [6.45, 7) is 0.614. The van der Waals surface area contributed by atoms with E-state index in [9.17, 15) is 4.79 Å². The zero-order chi connectivity index (χ0) is 8.55. The summed E-state index contributed by atoms with van der Waals surface area (Å²) in [5.74, 6) is 0.626. The molecule has 3 heteroatoms. The molecular formula is C9H8NO2. The van der Waals surface area contributed by atoms with E-state index < -0.39 is 0 Å². The number of carbonyl (C=O) groups excluding carboxylic acids is 1. The summed E-state index contributed by atoms with van der Waals surface area (Å²) >= 11 is 0. The summed E-state index contributed by atoms with van der Waals surface area (Å²) in [5, 5.41) is 0. The number of hydrogen-bond donors (Lipinski definition) is 0. The summed E-state index contributed by atoms with van der Waals surface area (Å²) in [6.07, 6.45) is -0.304. The molecule has 0 atom stereocenters. The Balaban J connectivity index is 2.40. The number of fused-ring (bicyclic) bond motifs is 1. The zero-order valence-electron chi connectivity index (χ0n) is 6.70. The van der Waals surface area contributed by atoms with Crippen molar-refractivity contribution in [1.82, 2.24) is 4.90 Å². The first kappa shape index (κ1) is 7.16. The first-order chi connectivity index (χ1) is 5.77. The average molecular weight is 162 g/mol. The zero-order valence-corrected chi connectivity index (χ0v) is 6.70. The van der Waals surface area contributed by atoms with E-state index in [1.807, 2.05) is 12.1 Å². The van der Waals surface area contributed by atoms with Crippen LogP contribution in [0.15, 0.2) is 18.2 Å². The van der Waals surface area contributed by atoms with E-state index in [1.165, 1.54) is 4.90 Å². The highest BCUT2D eigenvalue weighted by atomic mass is 16.6. The minimum atomic E-state index is -0.304. The first-order valence-corrected chi connectivity index (χ1v) is 3.69. The molecule has 12 heavy (non-hydrogen) atoms. The lowest BCUT2D eigenvalue weighted by atomic mass is 10.2. The van der Waals surface area contributed by atoms with Crippen LogP contribution in [0.4, 0.5) is 4.79 Å². The van der Waals surface area contributed by atoms with Gasteiger partial charge in [0.1, 0.15) is 5.75 Å². The molecule has 2 rings (SSSR count). The molecular weight excluding hydrogens is 154 g/mol. The van der Waals surface area contributed by atoms with Crippen LogP contribution in [-0.2, 0) is 6.54 Å². The van der Waals surface area contributed by atoms with Crippen LogP contribution in [0.2, 0.25) is 0 Å². The second kappa shape index (κ2) is 2.52. The maximum absolute atomic E-state index is 11.0. The Kier molecular flexibility index (Phi) is 1.50. The van der Waals surface area contributed by atoms with Gasteiger partial charge in [0.05, 0.1) is 6.54 Å². The minimum Gasteiger partial charge on any atom is -0.410 e. The van der Waals surface area contributed by atoms with Crippen LogP contribution in [0.1, 0.15) is 5.56 Å². The van der Waals surface area contributed by atoms with Crippen molar-refractivity contribution in [1.29, 1.82) is 0 Å². The lowest BCUT2D eigenvalue weighted by Crippen LogP contribution is -2.33. The largest absolute Gasteiger partial charge is 0.415 e. The van der Waals surface area contributed by atoms with Crippen LogP contribution in [0.25, 0.3) is 0 Å². The van der Waals surface area contributed by atoms with Crippen molar-refractivity contribution >= 4 is 6.09 Å². The van der Waals surface area contributed by atoms with Crippen molar-refractivity contribution in [2.75, 3.05) is 7.05 Å². The van der Waals surface area contributed by atoms with Gasteiger partial charge in [-0.05, 0) is 12.1 Å². The van der Waals surface area contributed by atoms with E-state index in [0.29, 0.717) is 12.3 Å². The molecule has 1 aromatic rings. The van der Waals surface area contributed by atoms with Gasteiger partial charge in [0.15, 0.2) is 0 Å². The molecule has 0 unspecified atom stereocenters. The molecule has 3 nitrogen and oxygen atoms in total. The Morgan fingerprint density at radius 2 is 2.50 bits per heavy atom. The molecule has 0 spiro atoms. The lowest BCUT2D eigenvalue weighted by molar-refractivity contribution is 0.150. The molecule has 0 aliphatic carbocycles. The molecule has 0 saturated heterocycles. The van der Waals surface area contributed by atoms with E-state index in [1.54, 1.807) is 13.1 Å². The molecule has 1 radical (unpaired) electrons. The van der Waals surface area contributed by atoms with Gasteiger partial charge >= 0.3 is 6.09 Å². The second-order valence-electron chi connectivity index (χ2n) is 2.76. The molecule has 1 aromatic carbocycles. The van der Waals surface area contributed by atoms with Crippen molar-refractivity contribution < 1.29 is 9.53 Å². The topological polar surface area (TPSA) is 29.5 Å². The number of rotatable bonds is 0. The molecule has 1 amide bonds. The Bertz CT molecular complexity index is 322. The average Bonchev–Trinajstić information content (AvgIpc) is 2.07. The van der Waals surface area contributed by atoms with Gasteiger partial charge in [-0.2, -0.15) is 0 Å². The van der Waals surface area contributed by atoms with Crippen LogP contribution in [0, 0.1) is 6.07 Å². The molecule has 0 N–H and O–H groups in total. The van der Waals surface area contributed by atoms with Crippen molar-refractivity contribution in [2.24, 2.45) is 0 Å². The SMILES string of the molecule is CN1Cc2cc[c]cc2OC1=O. The van der Waals surface area contributed by atoms with Gasteiger partial charge in [-0.25, -0.2) is 4.79 Å². The third-order valence-electron chi connectivity index (χ3n) is 1.83. The third-order valence-corrected chi connectivity index (χ3v) is 1.83. The van der Waals surface area contributed by atoms with E-state index in [4.69, 9.17) is 4.74 Å². The summed E-state index contributed by atoms with van der Waals surface area (Å²) < 4.78 is 5.00. The fourth-order valence-electron chi connectivity index (χ4n) is 1.17. The van der Waals surface area contributed by atoms with Gasteiger partial charge in [0.2, 0.25) is 0 Å². The number of carbonyl (C=O) groups is 1. The van der Waals surface area contributed by atoms with Gasteiger partial charge in [0, 0.05) is 12.6 Å². The van der Waals surface area contributed by atoms with Gasteiger partial charge in [-0.15, -0.1) is 0 Å². The molecule has 1 heterocycles. The van der Waals surface area contributed by atoms with E-state index >= 15 is 0 Å². The van der Waals surface area contributed by atoms with Crippen molar-refractivity contribution in [3.63, 3.8) is 0 Å². The number of amides is 1. The lowest BCUT2D eigenvalue weighted by Gasteiger charge is -2.23. The minimum absolute atomic E-state index is 0.304. The van der Waals surface area contributed by atoms with Gasteiger partial charge in [0.25, 0.3) is 0 Å². The summed E-state index contributed by atoms with van der Waals surface area (Å²) in [6, 6.07) is 8.25. The Morgan fingerprint density at radius 3 is 3.33 bits per heavy atom. The summed E-state index contributed by atoms with van der Waals surface area (Å²) in [7, 11) is 1.71. The van der Waals surface area contributed by atoms with Gasteiger partial charge < -0.3 is 9.64 Å². The highest BCUT2D eigenvalue weighted by molar-refractivity contribution is 5.72. The standard InChI is InChI=1S/C9H8NO2/c1-10-6-7-4-2-3-5-8(7)12-9(10)11/h2,4-5H,6H2,1H3. The second-order valence-corrected chi connectivity index (χ2v) is 2.76. The van der Waals surface area contributed by atoms with E-state index in [0.717, 1.165) is 5.56 Å². The number of nitrogens with zero attached hydrogens (tertiary/aromatic N) is 1. The van der Waals surface area contributed by atoms with E-state index in [2.05, 4.69) is 6.07 Å². The summed E-state index contributed by atoms with van der Waals surface area (Å²) in [4.78, 5) is 12.6. The van der Waals surface area contributed by atoms with Crippen LogP contribution in [-0.4, -0.2) is 18.0 Å². The highest BCUT2D eigenvalue weighted by Crippen LogP contribution is 2.23. The van der Waals surface area contributed by atoms with Crippen LogP contribution in [0.3, 0.4) is 0 Å². The number of ether oxygens (including phenoxy) is 1. The quantitative estimate of drug-likeness (QED) is 0.577.